The van der Waals surface area contributed by atoms with Crippen molar-refractivity contribution in [1.29, 1.82) is 0 Å². The van der Waals surface area contributed by atoms with Crippen molar-refractivity contribution in [3.63, 3.8) is 0 Å². The lowest BCUT2D eigenvalue weighted by atomic mass is 10.1. The molecule has 1 aromatic heterocycles. The molecule has 1 aromatic rings. The van der Waals surface area contributed by atoms with Crippen molar-refractivity contribution < 1.29 is 22.4 Å². The van der Waals surface area contributed by atoms with Crippen LogP contribution in [-0.2, 0) is 10.1 Å². The first-order valence-corrected chi connectivity index (χ1v) is 8.90. The topological polar surface area (TPSA) is 72.8 Å². The van der Waals surface area contributed by atoms with Crippen molar-refractivity contribution in [1.82, 2.24) is 0 Å². The molecule has 1 N–H and O–H groups in total. The van der Waals surface area contributed by atoms with Crippen molar-refractivity contribution in [2.24, 2.45) is 0 Å². The first-order valence-electron chi connectivity index (χ1n) is 6.35. The van der Waals surface area contributed by atoms with Gasteiger partial charge in [0.2, 0.25) is 0 Å². The third-order valence-electron chi connectivity index (χ3n) is 2.99. The van der Waals surface area contributed by atoms with Crippen LogP contribution in [0.1, 0.15) is 32.1 Å². The standard InChI is InChI=1S/C12H18O5S2/c13-19(14,15)6-4-2-1-3-5-10-7-16-11-8-18-9-12(11)17-10/h8-10H,1-7H2,(H,13,14,15). The largest absolute Gasteiger partial charge is 0.485 e. The summed E-state index contributed by atoms with van der Waals surface area (Å²) in [4.78, 5) is 0. The summed E-state index contributed by atoms with van der Waals surface area (Å²) in [5.74, 6) is 1.51. The van der Waals surface area contributed by atoms with E-state index in [1.54, 1.807) is 11.3 Å². The summed E-state index contributed by atoms with van der Waals surface area (Å²) < 4.78 is 41.0. The van der Waals surface area contributed by atoms with Crippen LogP contribution in [0.3, 0.4) is 0 Å². The first kappa shape index (κ1) is 14.6. The molecule has 0 saturated heterocycles. The molecule has 1 atom stereocenters. The van der Waals surface area contributed by atoms with E-state index in [1.165, 1.54) is 0 Å². The second-order valence-electron chi connectivity index (χ2n) is 4.64. The Kier molecular flexibility index (Phi) is 5.06. The zero-order valence-electron chi connectivity index (χ0n) is 10.6. The van der Waals surface area contributed by atoms with E-state index in [2.05, 4.69) is 0 Å². The van der Waals surface area contributed by atoms with E-state index in [0.717, 1.165) is 37.2 Å². The smallest absolute Gasteiger partial charge is 0.264 e. The summed E-state index contributed by atoms with van der Waals surface area (Å²) in [6.07, 6.45) is 4.21. The highest BCUT2D eigenvalue weighted by molar-refractivity contribution is 7.85. The van der Waals surface area contributed by atoms with Crippen molar-refractivity contribution in [3.05, 3.63) is 10.8 Å². The number of hydrogen-bond acceptors (Lipinski definition) is 5. The summed E-state index contributed by atoms with van der Waals surface area (Å²) in [6, 6.07) is 0. The van der Waals surface area contributed by atoms with Crippen LogP contribution < -0.4 is 9.47 Å². The second kappa shape index (κ2) is 6.58. The van der Waals surface area contributed by atoms with Crippen molar-refractivity contribution in [2.75, 3.05) is 12.4 Å². The highest BCUT2D eigenvalue weighted by atomic mass is 32.2. The third-order valence-corrected chi connectivity index (χ3v) is 4.49. The van der Waals surface area contributed by atoms with Gasteiger partial charge < -0.3 is 9.47 Å². The van der Waals surface area contributed by atoms with Crippen LogP contribution in [0.15, 0.2) is 10.8 Å². The van der Waals surface area contributed by atoms with E-state index in [0.29, 0.717) is 13.0 Å². The lowest BCUT2D eigenvalue weighted by molar-refractivity contribution is 0.0842. The molecule has 108 valence electrons. The first-order chi connectivity index (χ1) is 9.04. The molecule has 0 radical (unpaired) electrons. The van der Waals surface area contributed by atoms with E-state index >= 15 is 0 Å². The maximum absolute atomic E-state index is 10.5. The summed E-state index contributed by atoms with van der Waals surface area (Å²) in [5, 5.41) is 3.87. The molecule has 5 nitrogen and oxygen atoms in total. The molecular weight excluding hydrogens is 288 g/mol. The average molecular weight is 306 g/mol. The molecule has 0 saturated carbocycles. The van der Waals surface area contributed by atoms with E-state index in [9.17, 15) is 8.42 Å². The van der Waals surface area contributed by atoms with Crippen molar-refractivity contribution in [2.45, 2.75) is 38.2 Å². The summed E-state index contributed by atoms with van der Waals surface area (Å²) in [6.45, 7) is 0.578. The fourth-order valence-electron chi connectivity index (χ4n) is 2.01. The van der Waals surface area contributed by atoms with Gasteiger partial charge in [-0.25, -0.2) is 0 Å². The minimum absolute atomic E-state index is 0.0867. The van der Waals surface area contributed by atoms with Gasteiger partial charge in [0, 0.05) is 10.8 Å². The van der Waals surface area contributed by atoms with E-state index in [1.807, 2.05) is 10.8 Å². The number of rotatable bonds is 7. The van der Waals surface area contributed by atoms with Crippen LogP contribution in [-0.4, -0.2) is 31.4 Å². The Balaban J connectivity index is 1.57. The second-order valence-corrected chi connectivity index (χ2v) is 6.96. The van der Waals surface area contributed by atoms with E-state index in [-0.39, 0.29) is 11.9 Å². The number of unbranched alkanes of at least 4 members (excludes halogenated alkanes) is 3. The minimum atomic E-state index is -3.80. The van der Waals surface area contributed by atoms with E-state index in [4.69, 9.17) is 14.0 Å². The SMILES string of the molecule is O=S(=O)(O)CCCCCCC1COc2cscc2O1. The van der Waals surface area contributed by atoms with Gasteiger partial charge in [0.1, 0.15) is 12.7 Å². The van der Waals surface area contributed by atoms with Gasteiger partial charge in [0.15, 0.2) is 11.5 Å². The molecule has 0 aliphatic carbocycles. The van der Waals surface area contributed by atoms with Crippen LogP contribution in [0.4, 0.5) is 0 Å². The molecule has 1 aliphatic heterocycles. The molecule has 1 aliphatic rings. The highest BCUT2D eigenvalue weighted by Gasteiger charge is 2.20. The van der Waals surface area contributed by atoms with Gasteiger partial charge in [-0.15, -0.1) is 11.3 Å². The Morgan fingerprint density at radius 2 is 1.95 bits per heavy atom. The number of hydrogen-bond donors (Lipinski definition) is 1. The molecule has 0 amide bonds. The Morgan fingerprint density at radius 1 is 1.21 bits per heavy atom. The van der Waals surface area contributed by atoms with Crippen LogP contribution in [0.5, 0.6) is 11.5 Å². The Morgan fingerprint density at radius 3 is 2.74 bits per heavy atom. The van der Waals surface area contributed by atoms with Crippen LogP contribution in [0.25, 0.3) is 0 Å². The number of fused-ring (bicyclic) bond motifs is 1. The minimum Gasteiger partial charge on any atom is -0.485 e. The van der Waals surface area contributed by atoms with Gasteiger partial charge in [-0.05, 0) is 19.3 Å². The molecule has 0 aromatic carbocycles. The monoisotopic (exact) mass is 306 g/mol. The Bertz CT molecular complexity index is 494. The summed E-state index contributed by atoms with van der Waals surface area (Å²) in [7, 11) is -3.80. The molecule has 7 heteroatoms. The van der Waals surface area contributed by atoms with Gasteiger partial charge in [0.05, 0.1) is 5.75 Å². The molecule has 19 heavy (non-hydrogen) atoms. The van der Waals surface area contributed by atoms with Gasteiger partial charge in [-0.1, -0.05) is 12.8 Å². The Labute approximate surface area is 117 Å². The van der Waals surface area contributed by atoms with E-state index < -0.39 is 10.1 Å². The van der Waals surface area contributed by atoms with Gasteiger partial charge in [-0.3, -0.25) is 4.55 Å². The van der Waals surface area contributed by atoms with Gasteiger partial charge >= 0.3 is 0 Å². The number of ether oxygens (including phenoxy) is 2. The average Bonchev–Trinajstić information content (AvgIpc) is 2.79. The zero-order chi connectivity index (χ0) is 13.7. The van der Waals surface area contributed by atoms with Crippen LogP contribution in [0.2, 0.25) is 0 Å². The predicted octanol–water partition coefficient (Wildman–Crippen LogP) is 2.73. The molecule has 1 unspecified atom stereocenters. The zero-order valence-corrected chi connectivity index (χ0v) is 12.2. The lowest BCUT2D eigenvalue weighted by Crippen LogP contribution is -2.28. The maximum atomic E-state index is 10.5. The van der Waals surface area contributed by atoms with Crippen molar-refractivity contribution >= 4 is 21.5 Å². The molecule has 0 spiro atoms. The molecule has 0 bridgehead atoms. The fourth-order valence-corrected chi connectivity index (χ4v) is 3.25. The maximum Gasteiger partial charge on any atom is 0.264 e. The summed E-state index contributed by atoms with van der Waals surface area (Å²) >= 11 is 1.56. The lowest BCUT2D eigenvalue weighted by Gasteiger charge is -2.24. The van der Waals surface area contributed by atoms with Gasteiger partial charge in [0.25, 0.3) is 10.1 Å². The molecule has 2 heterocycles. The Hall–Kier alpha value is -0.790. The van der Waals surface area contributed by atoms with Crippen LogP contribution >= 0.6 is 11.3 Å². The quantitative estimate of drug-likeness (QED) is 0.619. The normalized spacial score (nSPS) is 18.5. The van der Waals surface area contributed by atoms with Crippen LogP contribution in [0, 0.1) is 0 Å². The molecule has 0 fully saturated rings. The molecule has 2 rings (SSSR count). The summed E-state index contributed by atoms with van der Waals surface area (Å²) in [5.41, 5.74) is 0. The fraction of sp³-hybridized carbons (Fsp3) is 0.667. The third kappa shape index (κ3) is 5.00. The predicted molar refractivity (Wildman–Crippen MR) is 73.7 cm³/mol. The highest BCUT2D eigenvalue weighted by Crippen LogP contribution is 2.36. The molecular formula is C12H18O5S2. The number of thiophene rings is 1. The van der Waals surface area contributed by atoms with Gasteiger partial charge in [-0.2, -0.15) is 8.42 Å². The van der Waals surface area contributed by atoms with Crippen molar-refractivity contribution in [3.8, 4) is 11.5 Å².